The molecule has 434 valence electrons. The van der Waals surface area contributed by atoms with Crippen LogP contribution in [-0.4, -0.2) is 147 Å². The van der Waals surface area contributed by atoms with Crippen LogP contribution in [0.15, 0.2) is 60.8 Å². The monoisotopic (exact) mass is 1110 g/mol. The molecule has 0 radical (unpaired) electrons. The fraction of sp³-hybridized carbons (Fsp3) is 0.509. The van der Waals surface area contributed by atoms with E-state index in [4.69, 9.17) is 28.0 Å². The standard InChI is InChI=1S/C53H76F2N12O12/c1-30(62-46(73)31(2)63-51(79)53(59,32(3)69)19-10-11-20-56)47(74)65-40(26-42(58)70)49(76)64-39(48(75)61-22-21-60-43(71)17-16-38(57)50(77)78)18-23-67(44(72)29-68)45(52(4,5)6)41-24-34(36-25-35(54)14-15-37(36)55)28-66(41)27-33-12-8-7-9-13-33/h7-9,12-15,24-25,28,30-31,38-40,45,68H,10-11,16-23,26-27,29,56-57,59H2,1-6H3,(H2,58,70)(H,60,71)(H,61,75)(H,62,73)(H,63,79)(H,64,76)(H,65,74)(H,77,78)/t30-,31-,38-,39-,40-,45-,53+/m0/s1. The van der Waals surface area contributed by atoms with Gasteiger partial charge in [-0.15, -0.1) is 0 Å². The summed E-state index contributed by atoms with van der Waals surface area (Å²) in [5.41, 5.74) is 21.2. The van der Waals surface area contributed by atoms with Gasteiger partial charge in [0.25, 0.3) is 0 Å². The molecule has 0 aliphatic carbocycles. The smallest absolute Gasteiger partial charge is 0.320 e. The molecule has 26 heteroatoms. The number of nitrogens with one attached hydrogen (secondary N) is 6. The zero-order valence-corrected chi connectivity index (χ0v) is 45.4. The first-order valence-electron chi connectivity index (χ1n) is 25.7. The fourth-order valence-corrected chi connectivity index (χ4v) is 8.42. The Morgan fingerprint density at radius 3 is 2.00 bits per heavy atom. The second-order valence-electron chi connectivity index (χ2n) is 20.3. The minimum atomic E-state index is -1.97. The second kappa shape index (κ2) is 30.5. The third-order valence-electron chi connectivity index (χ3n) is 12.9. The van der Waals surface area contributed by atoms with E-state index in [1.165, 1.54) is 18.7 Å². The van der Waals surface area contributed by atoms with Crippen molar-refractivity contribution in [2.24, 2.45) is 28.3 Å². The number of Topliss-reactive ketones (excluding diaryl/α,β-unsaturated/α-hetero) is 1. The molecule has 0 spiro atoms. The van der Waals surface area contributed by atoms with Crippen molar-refractivity contribution in [2.75, 3.05) is 32.8 Å². The van der Waals surface area contributed by atoms with Crippen LogP contribution in [0, 0.1) is 17.0 Å². The van der Waals surface area contributed by atoms with Crippen LogP contribution in [0.4, 0.5) is 8.78 Å². The summed E-state index contributed by atoms with van der Waals surface area (Å²) in [6.07, 6.45) is 0.664. The largest absolute Gasteiger partial charge is 0.480 e. The maximum absolute atomic E-state index is 15.4. The number of carbonyl (C=O) groups is 10. The summed E-state index contributed by atoms with van der Waals surface area (Å²) < 4.78 is 31.8. The average Bonchev–Trinajstić information content (AvgIpc) is 3.88. The first-order valence-corrected chi connectivity index (χ1v) is 25.7. The van der Waals surface area contributed by atoms with Crippen molar-refractivity contribution in [1.29, 1.82) is 0 Å². The lowest BCUT2D eigenvalue weighted by Gasteiger charge is -2.41. The third kappa shape index (κ3) is 19.9. The van der Waals surface area contributed by atoms with Gasteiger partial charge >= 0.3 is 5.97 Å². The SMILES string of the molecule is CC(=O)[C@](N)(CCCCN)C(=O)N[C@@H](C)C(=O)N[C@@H](C)C(=O)N[C@@H](CC(N)=O)C(=O)N[C@@H](CCN(C(=O)CO)[C@@H](c1cc(-c2cc(F)ccc2F)cn1Cc1ccccc1)C(C)(C)C)C(=O)NCCNC(=O)CC[C@H](N)C(=O)O. The molecule has 7 atom stereocenters. The highest BCUT2D eigenvalue weighted by atomic mass is 19.1. The summed E-state index contributed by atoms with van der Waals surface area (Å²) >= 11 is 0. The number of primary amides is 1. The molecule has 0 saturated heterocycles. The van der Waals surface area contributed by atoms with Gasteiger partial charge in [0.1, 0.15) is 48.5 Å². The number of unbranched alkanes of at least 4 members (excludes halogenated alkanes) is 1. The molecular weight excluding hydrogens is 1030 g/mol. The van der Waals surface area contributed by atoms with Gasteiger partial charge in [0.2, 0.25) is 47.3 Å². The van der Waals surface area contributed by atoms with E-state index < -0.39 is 144 Å². The highest BCUT2D eigenvalue weighted by Crippen LogP contribution is 2.41. The quantitative estimate of drug-likeness (QED) is 0.0276. The minimum absolute atomic E-state index is 0.0558. The van der Waals surface area contributed by atoms with Crippen molar-refractivity contribution in [3.05, 3.63) is 83.7 Å². The van der Waals surface area contributed by atoms with Gasteiger partial charge in [-0.3, -0.25) is 47.9 Å². The fourth-order valence-electron chi connectivity index (χ4n) is 8.42. The number of carbonyl (C=O) groups excluding carboxylic acids is 9. The number of ketones is 1. The number of hydrogen-bond acceptors (Lipinski definition) is 14. The number of aliphatic carboxylic acids is 1. The van der Waals surface area contributed by atoms with Crippen LogP contribution in [0.1, 0.15) is 104 Å². The predicted octanol–water partition coefficient (Wildman–Crippen LogP) is -0.526. The maximum Gasteiger partial charge on any atom is 0.320 e. The van der Waals surface area contributed by atoms with Crippen molar-refractivity contribution in [2.45, 2.75) is 135 Å². The number of nitrogens with two attached hydrogens (primary N) is 4. The van der Waals surface area contributed by atoms with Gasteiger partial charge in [-0.25, -0.2) is 8.78 Å². The van der Waals surface area contributed by atoms with Crippen LogP contribution < -0.4 is 54.8 Å². The zero-order chi connectivity index (χ0) is 59.4. The third-order valence-corrected chi connectivity index (χ3v) is 12.9. The molecule has 3 rings (SSSR count). The Morgan fingerprint density at radius 2 is 1.41 bits per heavy atom. The van der Waals surface area contributed by atoms with Crippen LogP contribution in [0.5, 0.6) is 0 Å². The van der Waals surface area contributed by atoms with E-state index in [9.17, 15) is 57.4 Å². The molecule has 16 N–H and O–H groups in total. The summed E-state index contributed by atoms with van der Waals surface area (Å²) in [6.45, 7) is 7.58. The highest BCUT2D eigenvalue weighted by molar-refractivity contribution is 6.10. The average molecular weight is 1110 g/mol. The summed E-state index contributed by atoms with van der Waals surface area (Å²) in [4.78, 5) is 132. The highest BCUT2D eigenvalue weighted by Gasteiger charge is 2.41. The Hall–Kier alpha value is -7.68. The number of aliphatic hydroxyl groups excluding tert-OH is 1. The van der Waals surface area contributed by atoms with Crippen LogP contribution in [-0.2, 0) is 54.5 Å². The number of hydrogen-bond donors (Lipinski definition) is 12. The van der Waals surface area contributed by atoms with E-state index in [0.29, 0.717) is 18.5 Å². The van der Waals surface area contributed by atoms with E-state index in [0.717, 1.165) is 30.7 Å². The Labute approximate surface area is 456 Å². The van der Waals surface area contributed by atoms with E-state index in [-0.39, 0.29) is 56.6 Å². The molecule has 3 aromatic rings. The van der Waals surface area contributed by atoms with Gasteiger partial charge in [-0.1, -0.05) is 51.1 Å². The van der Waals surface area contributed by atoms with Gasteiger partial charge in [0, 0.05) is 55.6 Å². The maximum atomic E-state index is 15.4. The van der Waals surface area contributed by atoms with Gasteiger partial charge < -0.3 is 74.5 Å². The topological polar surface area (TPSA) is 396 Å². The Kier molecular flexibility index (Phi) is 25.3. The lowest BCUT2D eigenvalue weighted by atomic mass is 9.82. The van der Waals surface area contributed by atoms with Crippen LogP contribution >= 0.6 is 0 Å². The Morgan fingerprint density at radius 1 is 0.785 bits per heavy atom. The molecule has 1 aromatic heterocycles. The van der Waals surface area contributed by atoms with Crippen LogP contribution in [0.25, 0.3) is 11.1 Å². The molecule has 1 heterocycles. The first-order chi connectivity index (χ1) is 37.0. The predicted molar refractivity (Wildman–Crippen MR) is 285 cm³/mol. The molecule has 0 saturated carbocycles. The molecular formula is C53H76F2N12O12. The molecule has 8 amide bonds. The summed E-state index contributed by atoms with van der Waals surface area (Å²) in [5.74, 6) is -10.8. The van der Waals surface area contributed by atoms with Gasteiger partial charge in [0.15, 0.2) is 11.3 Å². The number of rotatable bonds is 32. The number of halogens is 2. The molecule has 79 heavy (non-hydrogen) atoms. The molecule has 0 unspecified atom stereocenters. The summed E-state index contributed by atoms with van der Waals surface area (Å²) in [6, 6.07) is 5.17. The Bertz CT molecular complexity index is 2650. The number of nitrogens with zero attached hydrogens (tertiary/aromatic N) is 2. The van der Waals surface area contributed by atoms with E-state index in [1.54, 1.807) is 49.7 Å². The first kappa shape index (κ1) is 65.6. The number of benzene rings is 2. The number of amides is 8. The Balaban J connectivity index is 2.00. The lowest BCUT2D eigenvalue weighted by Crippen LogP contribution is -2.62. The number of aliphatic hydroxyl groups is 1. The van der Waals surface area contributed by atoms with Crippen molar-refractivity contribution in [1.82, 2.24) is 41.4 Å². The molecule has 0 bridgehead atoms. The number of carboxylic acid groups (broad SMARTS) is 1. The normalized spacial score (nSPS) is 14.4. The molecule has 2 aromatic carbocycles. The molecule has 24 nitrogen and oxygen atoms in total. The van der Waals surface area contributed by atoms with Gasteiger partial charge in [0.05, 0.1) is 12.5 Å². The molecule has 0 aliphatic heterocycles. The lowest BCUT2D eigenvalue weighted by molar-refractivity contribution is -0.140. The number of carboxylic acids is 1. The number of aromatic nitrogens is 1. The van der Waals surface area contributed by atoms with Crippen molar-refractivity contribution in [3.8, 4) is 11.1 Å². The van der Waals surface area contributed by atoms with Crippen molar-refractivity contribution in [3.63, 3.8) is 0 Å². The summed E-state index contributed by atoms with van der Waals surface area (Å²) in [5, 5.41) is 34.2. The van der Waals surface area contributed by atoms with E-state index in [1.807, 2.05) is 18.2 Å². The molecule has 0 fully saturated rings. The van der Waals surface area contributed by atoms with Crippen LogP contribution in [0.3, 0.4) is 0 Å². The zero-order valence-electron chi connectivity index (χ0n) is 45.4. The van der Waals surface area contributed by atoms with Gasteiger partial charge in [-0.05, 0) is 94.7 Å². The van der Waals surface area contributed by atoms with Crippen LogP contribution in [0.2, 0.25) is 0 Å². The summed E-state index contributed by atoms with van der Waals surface area (Å²) in [7, 11) is 0. The van der Waals surface area contributed by atoms with Crippen molar-refractivity contribution < 1.29 is 66.9 Å². The second-order valence-corrected chi connectivity index (χ2v) is 20.3. The van der Waals surface area contributed by atoms with Crippen molar-refractivity contribution >= 4 is 59.0 Å². The van der Waals surface area contributed by atoms with E-state index >= 15 is 4.39 Å². The molecule has 0 aliphatic rings. The minimum Gasteiger partial charge on any atom is -0.480 e. The van der Waals surface area contributed by atoms with Gasteiger partial charge in [-0.2, -0.15) is 0 Å². The van der Waals surface area contributed by atoms with E-state index in [2.05, 4.69) is 31.9 Å².